The van der Waals surface area contributed by atoms with Gasteiger partial charge in [-0.25, -0.2) is 4.98 Å². The van der Waals surface area contributed by atoms with E-state index in [-0.39, 0.29) is 6.61 Å². The molecule has 0 fully saturated rings. The van der Waals surface area contributed by atoms with E-state index in [1.54, 1.807) is 7.11 Å². The van der Waals surface area contributed by atoms with Crippen molar-refractivity contribution in [3.05, 3.63) is 75.9 Å². The van der Waals surface area contributed by atoms with Gasteiger partial charge in [0, 0.05) is 15.5 Å². The van der Waals surface area contributed by atoms with Crippen LogP contribution >= 0.6 is 22.6 Å². The molecule has 7 heteroatoms. The van der Waals surface area contributed by atoms with Gasteiger partial charge in [0.2, 0.25) is 0 Å². The van der Waals surface area contributed by atoms with Crippen LogP contribution in [-0.4, -0.2) is 38.2 Å². The Labute approximate surface area is 193 Å². The van der Waals surface area contributed by atoms with Gasteiger partial charge in [0.15, 0.2) is 5.82 Å². The highest BCUT2D eigenvalue weighted by Crippen LogP contribution is 2.32. The summed E-state index contributed by atoms with van der Waals surface area (Å²) < 4.78 is 10.5. The molecule has 0 saturated carbocycles. The van der Waals surface area contributed by atoms with Crippen LogP contribution in [0, 0.1) is 3.57 Å². The van der Waals surface area contributed by atoms with Crippen LogP contribution in [0.3, 0.4) is 0 Å². The Kier molecular flexibility index (Phi) is 5.37. The molecule has 0 aliphatic rings. The number of hydrogen-bond acceptors (Lipinski definition) is 4. The van der Waals surface area contributed by atoms with Gasteiger partial charge in [-0.1, -0.05) is 24.3 Å². The maximum atomic E-state index is 9.68. The molecule has 0 bridgehead atoms. The molecule has 0 aliphatic heterocycles. The average molecular weight is 524 g/mol. The number of hydrogen-bond donors (Lipinski definition) is 1. The Morgan fingerprint density at radius 1 is 1.00 bits per heavy atom. The molecule has 2 heterocycles. The van der Waals surface area contributed by atoms with Crippen molar-refractivity contribution in [2.75, 3.05) is 13.7 Å². The molecule has 0 amide bonds. The van der Waals surface area contributed by atoms with Gasteiger partial charge >= 0.3 is 0 Å². The van der Waals surface area contributed by atoms with Crippen LogP contribution in [-0.2, 0) is 13.1 Å². The lowest BCUT2D eigenvalue weighted by molar-refractivity contribution is 0.278. The summed E-state index contributed by atoms with van der Waals surface area (Å²) >= 11 is 2.33. The molecular weight excluding hydrogens is 503 g/mol. The highest BCUT2D eigenvalue weighted by molar-refractivity contribution is 14.1. The number of fused-ring (bicyclic) bond motifs is 2. The molecule has 31 heavy (non-hydrogen) atoms. The van der Waals surface area contributed by atoms with Crippen molar-refractivity contribution in [3.8, 4) is 17.3 Å². The minimum absolute atomic E-state index is 0.0371. The van der Waals surface area contributed by atoms with E-state index in [4.69, 9.17) is 14.8 Å². The summed E-state index contributed by atoms with van der Waals surface area (Å²) in [5.74, 6) is 1.61. The molecule has 5 rings (SSSR count). The average Bonchev–Trinajstić information content (AvgIpc) is 3.32. The molecule has 6 nitrogen and oxygen atoms in total. The molecule has 5 aromatic rings. The number of para-hydroxylation sites is 2. The van der Waals surface area contributed by atoms with Crippen LogP contribution in [0.2, 0.25) is 0 Å². The summed E-state index contributed by atoms with van der Waals surface area (Å²) in [4.78, 5) is 4.88. The molecular formula is C24H21IN4O2. The predicted molar refractivity (Wildman–Crippen MR) is 130 cm³/mol. The lowest BCUT2D eigenvalue weighted by Gasteiger charge is -2.06. The first-order valence-electron chi connectivity index (χ1n) is 10.0. The van der Waals surface area contributed by atoms with Crippen LogP contribution in [0.15, 0.2) is 66.7 Å². The lowest BCUT2D eigenvalue weighted by atomic mass is 10.2. The van der Waals surface area contributed by atoms with Crippen molar-refractivity contribution < 1.29 is 9.84 Å². The van der Waals surface area contributed by atoms with Gasteiger partial charge in [-0.15, -0.1) is 0 Å². The number of aliphatic hydroxyl groups excluding tert-OH is 1. The van der Waals surface area contributed by atoms with Crippen LogP contribution < -0.4 is 4.74 Å². The van der Waals surface area contributed by atoms with Crippen LogP contribution in [0.1, 0.15) is 5.56 Å². The quantitative estimate of drug-likeness (QED) is 0.327. The second-order valence-electron chi connectivity index (χ2n) is 7.32. The number of benzene rings is 3. The van der Waals surface area contributed by atoms with Crippen LogP contribution in [0.5, 0.6) is 5.75 Å². The molecule has 0 aliphatic carbocycles. The van der Waals surface area contributed by atoms with Crippen molar-refractivity contribution in [2.24, 2.45) is 0 Å². The molecule has 0 saturated heterocycles. The zero-order valence-corrected chi connectivity index (χ0v) is 19.2. The summed E-state index contributed by atoms with van der Waals surface area (Å²) in [5.41, 5.74) is 4.91. The second kappa shape index (κ2) is 8.32. The number of aliphatic hydroxyl groups is 1. The van der Waals surface area contributed by atoms with Gasteiger partial charge in [0.25, 0.3) is 0 Å². The maximum absolute atomic E-state index is 9.68. The molecule has 0 unspecified atom stereocenters. The van der Waals surface area contributed by atoms with Gasteiger partial charge in [-0.05, 0) is 70.6 Å². The fourth-order valence-electron chi connectivity index (χ4n) is 3.92. The normalized spacial score (nSPS) is 11.5. The van der Waals surface area contributed by atoms with Gasteiger partial charge < -0.3 is 14.4 Å². The third-order valence-corrected chi connectivity index (χ3v) is 6.06. The third kappa shape index (κ3) is 3.68. The van der Waals surface area contributed by atoms with E-state index in [1.807, 2.05) is 41.1 Å². The maximum Gasteiger partial charge on any atom is 0.162 e. The summed E-state index contributed by atoms with van der Waals surface area (Å²) in [6, 6.07) is 22.4. The van der Waals surface area contributed by atoms with E-state index in [2.05, 4.69) is 57.5 Å². The molecule has 0 atom stereocenters. The van der Waals surface area contributed by atoms with Gasteiger partial charge in [-0.3, -0.25) is 4.68 Å². The SMILES string of the molecule is COc1ccc(Cn2nc(-c3nc4ccccc4n3CCO)c3cc(I)ccc32)cc1. The first kappa shape index (κ1) is 20.0. The van der Waals surface area contributed by atoms with Crippen molar-refractivity contribution >= 4 is 44.5 Å². The van der Waals surface area contributed by atoms with E-state index in [1.165, 1.54) is 0 Å². The van der Waals surface area contributed by atoms with E-state index >= 15 is 0 Å². The second-order valence-corrected chi connectivity index (χ2v) is 8.56. The van der Waals surface area contributed by atoms with Crippen LogP contribution in [0.4, 0.5) is 0 Å². The molecule has 156 valence electrons. The zero-order chi connectivity index (χ0) is 21.4. The summed E-state index contributed by atoms with van der Waals surface area (Å²) in [6.07, 6.45) is 0. The number of imidazole rings is 1. The summed E-state index contributed by atoms with van der Waals surface area (Å²) in [5, 5.41) is 15.7. The standard InChI is InChI=1S/C24H21IN4O2/c1-31-18-9-6-16(7-10-18)15-29-21-11-8-17(25)14-19(21)23(27-29)24-26-20-4-2-3-5-22(20)28(24)12-13-30/h2-11,14,30H,12-13,15H2,1H3. The van der Waals surface area contributed by atoms with E-state index in [9.17, 15) is 5.11 Å². The Bertz CT molecular complexity index is 1370. The first-order chi connectivity index (χ1) is 15.2. The number of nitrogens with zero attached hydrogens (tertiary/aromatic N) is 4. The van der Waals surface area contributed by atoms with Crippen LogP contribution in [0.25, 0.3) is 33.5 Å². The third-order valence-electron chi connectivity index (χ3n) is 5.39. The predicted octanol–water partition coefficient (Wildman–Crippen LogP) is 4.71. The molecule has 0 radical (unpaired) electrons. The fraction of sp³-hybridized carbons (Fsp3) is 0.167. The molecule has 0 spiro atoms. The largest absolute Gasteiger partial charge is 0.497 e. The Morgan fingerprint density at radius 2 is 1.81 bits per heavy atom. The zero-order valence-electron chi connectivity index (χ0n) is 17.0. The van der Waals surface area contributed by atoms with Crippen molar-refractivity contribution in [3.63, 3.8) is 0 Å². The van der Waals surface area contributed by atoms with Gasteiger partial charge in [-0.2, -0.15) is 5.10 Å². The van der Waals surface area contributed by atoms with Crippen molar-refractivity contribution in [1.29, 1.82) is 0 Å². The number of aromatic nitrogens is 4. The lowest BCUT2D eigenvalue weighted by Crippen LogP contribution is -2.05. The highest BCUT2D eigenvalue weighted by atomic mass is 127. The van der Waals surface area contributed by atoms with E-state index in [0.717, 1.165) is 48.3 Å². The van der Waals surface area contributed by atoms with Crippen molar-refractivity contribution in [2.45, 2.75) is 13.1 Å². The topological polar surface area (TPSA) is 65.1 Å². The monoisotopic (exact) mass is 524 g/mol. The highest BCUT2D eigenvalue weighted by Gasteiger charge is 2.20. The molecule has 3 aromatic carbocycles. The minimum atomic E-state index is 0.0371. The molecule has 1 N–H and O–H groups in total. The number of halogens is 1. The summed E-state index contributed by atoms with van der Waals surface area (Å²) in [7, 11) is 1.67. The van der Waals surface area contributed by atoms with E-state index < -0.39 is 0 Å². The van der Waals surface area contributed by atoms with E-state index in [0.29, 0.717) is 13.1 Å². The minimum Gasteiger partial charge on any atom is -0.497 e. The van der Waals surface area contributed by atoms with Crippen molar-refractivity contribution in [1.82, 2.24) is 19.3 Å². The number of methoxy groups -OCH3 is 1. The first-order valence-corrected chi connectivity index (χ1v) is 11.1. The smallest absolute Gasteiger partial charge is 0.162 e. The summed E-state index contributed by atoms with van der Waals surface area (Å²) in [6.45, 7) is 1.14. The molecule has 2 aromatic heterocycles. The van der Waals surface area contributed by atoms with Gasteiger partial charge in [0.05, 0.1) is 36.8 Å². The fourth-order valence-corrected chi connectivity index (χ4v) is 4.41. The van der Waals surface area contributed by atoms with Gasteiger partial charge in [0.1, 0.15) is 11.4 Å². The Hall–Kier alpha value is -2.91. The number of rotatable bonds is 6. The Balaban J connectivity index is 1.68. The number of ether oxygens (including phenoxy) is 1. The Morgan fingerprint density at radius 3 is 2.58 bits per heavy atom.